The molecular weight excluding hydrogens is 198 g/mol. The summed E-state index contributed by atoms with van der Waals surface area (Å²) in [6, 6.07) is 1.94. The Morgan fingerprint density at radius 1 is 0.933 bits per heavy atom. The first kappa shape index (κ1) is 15.2. The highest BCUT2D eigenvalue weighted by molar-refractivity contribution is 6.76. The fourth-order valence-electron chi connectivity index (χ4n) is 1.86. The number of rotatable bonds is 9. The zero-order valence-electron chi connectivity index (χ0n) is 11.3. The second kappa shape index (κ2) is 8.34. The van der Waals surface area contributed by atoms with Crippen LogP contribution in [0.2, 0.25) is 25.7 Å². The van der Waals surface area contributed by atoms with Gasteiger partial charge in [0.1, 0.15) is 0 Å². The maximum Gasteiger partial charge on any atom is 0.0442 e. The second-order valence-corrected chi connectivity index (χ2v) is 11.7. The van der Waals surface area contributed by atoms with Gasteiger partial charge in [-0.3, -0.25) is 0 Å². The lowest BCUT2D eigenvalue weighted by Crippen LogP contribution is -2.21. The molecule has 0 aromatic carbocycles. The Labute approximate surface area is 97.8 Å². The van der Waals surface area contributed by atoms with Crippen LogP contribution in [0.25, 0.3) is 0 Å². The highest BCUT2D eigenvalue weighted by Crippen LogP contribution is 2.15. The van der Waals surface area contributed by atoms with Crippen molar-refractivity contribution in [3.05, 3.63) is 0 Å². The molecule has 0 bridgehead atoms. The van der Waals surface area contributed by atoms with E-state index < -0.39 is 8.07 Å². The van der Waals surface area contributed by atoms with Gasteiger partial charge in [-0.05, 0) is 12.8 Å². The highest BCUT2D eigenvalue weighted by Gasteiger charge is 2.12. The van der Waals surface area contributed by atoms with Gasteiger partial charge in [0, 0.05) is 14.1 Å². The van der Waals surface area contributed by atoms with Gasteiger partial charge < -0.3 is 5.73 Å². The average molecular weight is 229 g/mol. The van der Waals surface area contributed by atoms with Gasteiger partial charge >= 0.3 is 0 Å². The molecule has 1 nitrogen and oxygen atoms in total. The van der Waals surface area contributed by atoms with E-state index >= 15 is 0 Å². The molecule has 2 N–H and O–H groups in total. The summed E-state index contributed by atoms with van der Waals surface area (Å²) in [4.78, 5) is 0. The van der Waals surface area contributed by atoms with Crippen LogP contribution in [0, 0.1) is 0 Å². The molecule has 1 atom stereocenters. The monoisotopic (exact) mass is 229 g/mol. The minimum absolute atomic E-state index is 0.471. The van der Waals surface area contributed by atoms with Crippen LogP contribution in [0.4, 0.5) is 0 Å². The van der Waals surface area contributed by atoms with Crippen LogP contribution >= 0.6 is 0 Å². The van der Waals surface area contributed by atoms with Crippen LogP contribution < -0.4 is 5.73 Å². The van der Waals surface area contributed by atoms with E-state index in [2.05, 4.69) is 26.6 Å². The van der Waals surface area contributed by atoms with Crippen molar-refractivity contribution in [1.82, 2.24) is 0 Å². The van der Waals surface area contributed by atoms with Gasteiger partial charge in [0.05, 0.1) is 0 Å². The predicted octanol–water partition coefficient (Wildman–Crippen LogP) is 4.40. The Morgan fingerprint density at radius 3 is 1.93 bits per heavy atom. The molecule has 0 fully saturated rings. The molecule has 0 heterocycles. The van der Waals surface area contributed by atoms with Gasteiger partial charge in [-0.1, -0.05) is 64.7 Å². The van der Waals surface area contributed by atoms with Crippen LogP contribution in [-0.2, 0) is 0 Å². The third kappa shape index (κ3) is 12.1. The molecule has 0 saturated heterocycles. The normalized spacial score (nSPS) is 14.2. The van der Waals surface area contributed by atoms with Gasteiger partial charge in [0.25, 0.3) is 0 Å². The lowest BCUT2D eigenvalue weighted by Gasteiger charge is -2.16. The van der Waals surface area contributed by atoms with Crippen LogP contribution in [0.3, 0.4) is 0 Å². The second-order valence-electron chi connectivity index (χ2n) is 6.06. The zero-order chi connectivity index (χ0) is 11.7. The average Bonchev–Trinajstić information content (AvgIpc) is 2.11. The van der Waals surface area contributed by atoms with E-state index in [0.29, 0.717) is 6.04 Å². The summed E-state index contributed by atoms with van der Waals surface area (Å²) in [7, 11) is -0.801. The Bertz CT molecular complexity index is 140. The van der Waals surface area contributed by atoms with Crippen LogP contribution in [-0.4, -0.2) is 14.1 Å². The lowest BCUT2D eigenvalue weighted by molar-refractivity contribution is 0.510. The van der Waals surface area contributed by atoms with Gasteiger partial charge in [-0.25, -0.2) is 0 Å². The standard InChI is InChI=1S/C13H31NSi/c1-5-6-7-10-13(14)11-8-9-12-15(2,3)4/h13H,5-12,14H2,1-4H3. The molecular formula is C13H31NSi. The summed E-state index contributed by atoms with van der Waals surface area (Å²) in [6.07, 6.45) is 9.21. The first-order valence-electron chi connectivity index (χ1n) is 6.71. The molecule has 0 aromatic heterocycles. The summed E-state index contributed by atoms with van der Waals surface area (Å²) in [5, 5.41) is 0. The maximum absolute atomic E-state index is 6.08. The number of nitrogens with two attached hydrogens (primary N) is 1. The van der Waals surface area contributed by atoms with E-state index in [1.807, 2.05) is 0 Å². The summed E-state index contributed by atoms with van der Waals surface area (Å²) in [6.45, 7) is 9.61. The largest absolute Gasteiger partial charge is 0.328 e. The van der Waals surface area contributed by atoms with Gasteiger partial charge in [-0.2, -0.15) is 0 Å². The molecule has 0 rings (SSSR count). The molecule has 1 unspecified atom stereocenters. The summed E-state index contributed by atoms with van der Waals surface area (Å²) >= 11 is 0. The smallest absolute Gasteiger partial charge is 0.0442 e. The fraction of sp³-hybridized carbons (Fsp3) is 1.00. The van der Waals surface area contributed by atoms with Crippen LogP contribution in [0.5, 0.6) is 0 Å². The quantitative estimate of drug-likeness (QED) is 0.460. The molecule has 0 aliphatic carbocycles. The Kier molecular flexibility index (Phi) is 8.44. The lowest BCUT2D eigenvalue weighted by atomic mass is 10.0. The van der Waals surface area contributed by atoms with Gasteiger partial charge in [-0.15, -0.1) is 0 Å². The molecule has 0 aliphatic rings. The maximum atomic E-state index is 6.08. The molecule has 92 valence electrons. The molecule has 0 aliphatic heterocycles. The Morgan fingerprint density at radius 2 is 1.47 bits per heavy atom. The predicted molar refractivity (Wildman–Crippen MR) is 74.1 cm³/mol. The summed E-state index contributed by atoms with van der Waals surface area (Å²) in [5.74, 6) is 0. The van der Waals surface area contributed by atoms with E-state index in [9.17, 15) is 0 Å². The third-order valence-corrected chi connectivity index (χ3v) is 4.78. The van der Waals surface area contributed by atoms with Gasteiger partial charge in [0.15, 0.2) is 0 Å². The van der Waals surface area contributed by atoms with E-state index in [-0.39, 0.29) is 0 Å². The Balaban J connectivity index is 3.27. The molecule has 0 amide bonds. The number of hydrogen-bond acceptors (Lipinski definition) is 1. The summed E-state index contributed by atoms with van der Waals surface area (Å²) < 4.78 is 0. The number of unbranched alkanes of at least 4 members (excludes halogenated alkanes) is 3. The first-order chi connectivity index (χ1) is 6.95. The molecule has 0 aromatic rings. The Hall–Kier alpha value is 0.177. The van der Waals surface area contributed by atoms with Crippen LogP contribution in [0.15, 0.2) is 0 Å². The molecule has 0 spiro atoms. The fourth-order valence-corrected chi connectivity index (χ4v) is 3.17. The first-order valence-corrected chi connectivity index (χ1v) is 10.4. The SMILES string of the molecule is CCCCCC(N)CCCC[Si](C)(C)C. The summed E-state index contributed by atoms with van der Waals surface area (Å²) in [5.41, 5.74) is 6.08. The minimum Gasteiger partial charge on any atom is -0.328 e. The highest BCUT2D eigenvalue weighted by atomic mass is 28.3. The van der Waals surface area contributed by atoms with E-state index in [0.717, 1.165) is 0 Å². The number of hydrogen-bond donors (Lipinski definition) is 1. The molecule has 15 heavy (non-hydrogen) atoms. The van der Waals surface area contributed by atoms with Crippen molar-refractivity contribution in [3.63, 3.8) is 0 Å². The van der Waals surface area contributed by atoms with E-state index in [1.54, 1.807) is 0 Å². The molecule has 2 heteroatoms. The van der Waals surface area contributed by atoms with Crippen molar-refractivity contribution in [2.75, 3.05) is 0 Å². The van der Waals surface area contributed by atoms with Crippen molar-refractivity contribution < 1.29 is 0 Å². The topological polar surface area (TPSA) is 26.0 Å². The molecule has 0 saturated carbocycles. The van der Waals surface area contributed by atoms with Crippen molar-refractivity contribution in [1.29, 1.82) is 0 Å². The van der Waals surface area contributed by atoms with E-state index in [1.165, 1.54) is 51.0 Å². The van der Waals surface area contributed by atoms with Crippen molar-refractivity contribution in [2.45, 2.75) is 83.6 Å². The van der Waals surface area contributed by atoms with Gasteiger partial charge in [0.2, 0.25) is 0 Å². The minimum atomic E-state index is -0.801. The zero-order valence-corrected chi connectivity index (χ0v) is 12.3. The third-order valence-electron chi connectivity index (χ3n) is 2.93. The van der Waals surface area contributed by atoms with E-state index in [4.69, 9.17) is 5.73 Å². The molecule has 0 radical (unpaired) electrons. The van der Waals surface area contributed by atoms with Crippen molar-refractivity contribution in [3.8, 4) is 0 Å². The van der Waals surface area contributed by atoms with Crippen molar-refractivity contribution in [2.24, 2.45) is 5.73 Å². The van der Waals surface area contributed by atoms with Crippen molar-refractivity contribution >= 4 is 8.07 Å². The van der Waals surface area contributed by atoms with Crippen LogP contribution in [0.1, 0.15) is 51.9 Å².